The summed E-state index contributed by atoms with van der Waals surface area (Å²) >= 11 is 0. The van der Waals surface area contributed by atoms with Crippen molar-refractivity contribution in [3.05, 3.63) is 23.9 Å². The second-order valence-corrected chi connectivity index (χ2v) is 3.37. The van der Waals surface area contributed by atoms with Gasteiger partial charge in [0.15, 0.2) is 0 Å². The third kappa shape index (κ3) is 1.98. The van der Waals surface area contributed by atoms with Crippen molar-refractivity contribution >= 4 is 5.82 Å². The quantitative estimate of drug-likeness (QED) is 0.710. The van der Waals surface area contributed by atoms with Gasteiger partial charge in [0.1, 0.15) is 5.82 Å². The zero-order valence-corrected chi connectivity index (χ0v) is 7.57. The maximum atomic E-state index is 5.62. The second kappa shape index (κ2) is 3.75. The highest BCUT2D eigenvalue weighted by Crippen LogP contribution is 2.25. The van der Waals surface area contributed by atoms with E-state index in [9.17, 15) is 0 Å². The maximum absolute atomic E-state index is 5.62. The van der Waals surface area contributed by atoms with Gasteiger partial charge in [0.05, 0.1) is 0 Å². The first-order valence-electron chi connectivity index (χ1n) is 4.66. The molecule has 0 spiro atoms. The van der Waals surface area contributed by atoms with Gasteiger partial charge in [-0.25, -0.2) is 4.98 Å². The number of hydrogen-bond donors (Lipinski definition) is 1. The van der Waals surface area contributed by atoms with Gasteiger partial charge in [0.25, 0.3) is 0 Å². The molecule has 1 aliphatic rings. The second-order valence-electron chi connectivity index (χ2n) is 3.37. The Balaban J connectivity index is 2.14. The molecule has 13 heavy (non-hydrogen) atoms. The van der Waals surface area contributed by atoms with Crippen LogP contribution in [0.25, 0.3) is 0 Å². The standard InChI is InChI=1S/C10H14N2O/c11-10-3-1-2-9(12-10)8-4-6-13-7-5-8/h1-3,8H,4-7H2,(H2,11,12). The number of aromatic nitrogens is 1. The van der Waals surface area contributed by atoms with Gasteiger partial charge in [0, 0.05) is 24.8 Å². The fourth-order valence-electron chi connectivity index (χ4n) is 1.69. The summed E-state index contributed by atoms with van der Waals surface area (Å²) in [6.07, 6.45) is 2.13. The Morgan fingerprint density at radius 2 is 2.08 bits per heavy atom. The van der Waals surface area contributed by atoms with Crippen LogP contribution in [0.2, 0.25) is 0 Å². The van der Waals surface area contributed by atoms with Crippen molar-refractivity contribution < 1.29 is 4.74 Å². The van der Waals surface area contributed by atoms with Crippen molar-refractivity contribution in [2.45, 2.75) is 18.8 Å². The van der Waals surface area contributed by atoms with E-state index < -0.39 is 0 Å². The van der Waals surface area contributed by atoms with Crippen molar-refractivity contribution in [3.8, 4) is 0 Å². The lowest BCUT2D eigenvalue weighted by molar-refractivity contribution is 0.0845. The molecule has 1 fully saturated rings. The summed E-state index contributed by atoms with van der Waals surface area (Å²) in [6, 6.07) is 5.84. The maximum Gasteiger partial charge on any atom is 0.123 e. The monoisotopic (exact) mass is 178 g/mol. The topological polar surface area (TPSA) is 48.1 Å². The molecule has 2 N–H and O–H groups in total. The highest BCUT2D eigenvalue weighted by atomic mass is 16.5. The van der Waals surface area contributed by atoms with Gasteiger partial charge in [-0.05, 0) is 25.0 Å². The van der Waals surface area contributed by atoms with Gasteiger partial charge < -0.3 is 10.5 Å². The predicted octanol–water partition coefficient (Wildman–Crippen LogP) is 1.56. The lowest BCUT2D eigenvalue weighted by Crippen LogP contribution is -2.15. The Morgan fingerprint density at radius 1 is 1.31 bits per heavy atom. The van der Waals surface area contributed by atoms with E-state index in [1.165, 1.54) is 0 Å². The first-order chi connectivity index (χ1) is 6.36. The van der Waals surface area contributed by atoms with E-state index in [4.69, 9.17) is 10.5 Å². The average molecular weight is 178 g/mol. The molecule has 0 amide bonds. The van der Waals surface area contributed by atoms with E-state index in [2.05, 4.69) is 4.98 Å². The number of nitrogens with two attached hydrogens (primary N) is 1. The number of nitrogen functional groups attached to an aromatic ring is 1. The van der Waals surface area contributed by atoms with Crippen molar-refractivity contribution in [2.24, 2.45) is 0 Å². The number of hydrogen-bond acceptors (Lipinski definition) is 3. The first-order valence-corrected chi connectivity index (χ1v) is 4.66. The summed E-state index contributed by atoms with van der Waals surface area (Å²) in [5, 5.41) is 0. The SMILES string of the molecule is Nc1cccc(C2CCOCC2)n1. The van der Waals surface area contributed by atoms with Gasteiger partial charge in [-0.3, -0.25) is 0 Å². The Bertz CT molecular complexity index is 282. The zero-order valence-electron chi connectivity index (χ0n) is 7.57. The molecule has 2 heterocycles. The Labute approximate surface area is 77.9 Å². The lowest BCUT2D eigenvalue weighted by Gasteiger charge is -2.21. The fourth-order valence-corrected chi connectivity index (χ4v) is 1.69. The third-order valence-electron chi connectivity index (χ3n) is 2.43. The van der Waals surface area contributed by atoms with Gasteiger partial charge in [0.2, 0.25) is 0 Å². The van der Waals surface area contributed by atoms with Gasteiger partial charge >= 0.3 is 0 Å². The van der Waals surface area contributed by atoms with Crippen LogP contribution in [0.1, 0.15) is 24.5 Å². The minimum Gasteiger partial charge on any atom is -0.384 e. The first kappa shape index (κ1) is 8.51. The van der Waals surface area contributed by atoms with Crippen LogP contribution in [-0.2, 0) is 4.74 Å². The average Bonchev–Trinajstić information content (AvgIpc) is 2.19. The molecule has 0 radical (unpaired) electrons. The van der Waals surface area contributed by atoms with Crippen molar-refractivity contribution in [1.29, 1.82) is 0 Å². The summed E-state index contributed by atoms with van der Waals surface area (Å²) in [7, 11) is 0. The van der Waals surface area contributed by atoms with Crippen LogP contribution >= 0.6 is 0 Å². The Hall–Kier alpha value is -1.09. The highest BCUT2D eigenvalue weighted by Gasteiger charge is 2.16. The minimum atomic E-state index is 0.539. The number of rotatable bonds is 1. The third-order valence-corrected chi connectivity index (χ3v) is 2.43. The highest BCUT2D eigenvalue weighted by molar-refractivity contribution is 5.30. The molecule has 1 aromatic heterocycles. The smallest absolute Gasteiger partial charge is 0.123 e. The molecule has 1 aliphatic heterocycles. The van der Waals surface area contributed by atoms with E-state index in [0.717, 1.165) is 31.7 Å². The minimum absolute atomic E-state index is 0.539. The fraction of sp³-hybridized carbons (Fsp3) is 0.500. The molecular formula is C10H14N2O. The van der Waals surface area contributed by atoms with Crippen LogP contribution < -0.4 is 5.73 Å². The number of ether oxygens (including phenoxy) is 1. The number of nitrogens with zero attached hydrogens (tertiary/aromatic N) is 1. The molecule has 2 rings (SSSR count). The molecule has 0 atom stereocenters. The van der Waals surface area contributed by atoms with E-state index in [1.807, 2.05) is 18.2 Å². The molecule has 3 heteroatoms. The van der Waals surface area contributed by atoms with Crippen LogP contribution in [-0.4, -0.2) is 18.2 Å². The van der Waals surface area contributed by atoms with Crippen LogP contribution in [0.15, 0.2) is 18.2 Å². The molecule has 0 unspecified atom stereocenters. The molecule has 0 aliphatic carbocycles. The van der Waals surface area contributed by atoms with Crippen LogP contribution in [0.3, 0.4) is 0 Å². The van der Waals surface area contributed by atoms with Crippen molar-refractivity contribution in [1.82, 2.24) is 4.98 Å². The molecule has 0 aromatic carbocycles. The summed E-state index contributed by atoms with van der Waals surface area (Å²) in [5.74, 6) is 1.15. The summed E-state index contributed by atoms with van der Waals surface area (Å²) < 4.78 is 5.29. The van der Waals surface area contributed by atoms with Gasteiger partial charge in [-0.1, -0.05) is 6.07 Å². The van der Waals surface area contributed by atoms with Crippen LogP contribution in [0.5, 0.6) is 0 Å². The van der Waals surface area contributed by atoms with Crippen molar-refractivity contribution in [2.75, 3.05) is 18.9 Å². The molecule has 3 nitrogen and oxygen atoms in total. The van der Waals surface area contributed by atoms with Crippen molar-refractivity contribution in [3.63, 3.8) is 0 Å². The molecule has 1 aromatic rings. The molecule has 0 saturated carbocycles. The molecule has 70 valence electrons. The van der Waals surface area contributed by atoms with Gasteiger partial charge in [-0.2, -0.15) is 0 Å². The molecule has 1 saturated heterocycles. The van der Waals surface area contributed by atoms with E-state index in [0.29, 0.717) is 11.7 Å². The summed E-state index contributed by atoms with van der Waals surface area (Å²) in [5.41, 5.74) is 6.74. The van der Waals surface area contributed by atoms with E-state index >= 15 is 0 Å². The zero-order chi connectivity index (χ0) is 9.10. The predicted molar refractivity (Wildman–Crippen MR) is 51.4 cm³/mol. The van der Waals surface area contributed by atoms with Gasteiger partial charge in [-0.15, -0.1) is 0 Å². The van der Waals surface area contributed by atoms with Crippen LogP contribution in [0, 0.1) is 0 Å². The summed E-state index contributed by atoms with van der Waals surface area (Å²) in [4.78, 5) is 4.32. The largest absolute Gasteiger partial charge is 0.384 e. The Morgan fingerprint density at radius 3 is 2.77 bits per heavy atom. The van der Waals surface area contributed by atoms with E-state index in [1.54, 1.807) is 0 Å². The summed E-state index contributed by atoms with van der Waals surface area (Å²) in [6.45, 7) is 1.70. The van der Waals surface area contributed by atoms with E-state index in [-0.39, 0.29) is 0 Å². The lowest BCUT2D eigenvalue weighted by atomic mass is 9.96. The number of pyridine rings is 1. The molecular weight excluding hydrogens is 164 g/mol. The molecule has 0 bridgehead atoms. The van der Waals surface area contributed by atoms with Crippen LogP contribution in [0.4, 0.5) is 5.82 Å². The Kier molecular flexibility index (Phi) is 2.45. The normalized spacial score (nSPS) is 18.8. The number of anilines is 1.